The van der Waals surface area contributed by atoms with E-state index >= 15 is 0 Å². The maximum atomic E-state index is 12.6. The number of hydrogen-bond acceptors (Lipinski definition) is 5. The summed E-state index contributed by atoms with van der Waals surface area (Å²) in [5.41, 5.74) is 5.88. The first kappa shape index (κ1) is 18.9. The van der Waals surface area contributed by atoms with E-state index in [-0.39, 0.29) is 17.7 Å². The molecule has 8 nitrogen and oxygen atoms in total. The summed E-state index contributed by atoms with van der Waals surface area (Å²) in [7, 11) is 1.30. The number of nitriles is 1. The van der Waals surface area contributed by atoms with Gasteiger partial charge < -0.3 is 10.8 Å². The third-order valence-corrected chi connectivity index (χ3v) is 4.18. The molecule has 0 aliphatic rings. The van der Waals surface area contributed by atoms with E-state index < -0.39 is 29.6 Å². The molecular formula is C18H18N4O4. The number of rotatable bonds is 6. The molecule has 0 bridgehead atoms. The first-order chi connectivity index (χ1) is 12.3. The van der Waals surface area contributed by atoms with Crippen molar-refractivity contribution < 1.29 is 19.5 Å². The highest BCUT2D eigenvalue weighted by molar-refractivity contribution is 6.03. The molecule has 0 spiro atoms. The molecular weight excluding hydrogens is 336 g/mol. The number of carboxylic acid groups (broad SMARTS) is 1. The number of benzene rings is 1. The number of nitrogens with zero attached hydrogens (tertiary/aromatic N) is 3. The molecule has 8 heteroatoms. The van der Waals surface area contributed by atoms with Crippen molar-refractivity contribution in [2.45, 2.75) is 19.3 Å². The number of para-hydroxylation sites is 1. The second-order valence-electron chi connectivity index (χ2n) is 6.01. The fourth-order valence-electron chi connectivity index (χ4n) is 2.65. The van der Waals surface area contributed by atoms with Crippen molar-refractivity contribution in [3.63, 3.8) is 0 Å². The molecule has 1 aromatic heterocycles. The van der Waals surface area contributed by atoms with Crippen molar-refractivity contribution in [1.29, 1.82) is 5.26 Å². The van der Waals surface area contributed by atoms with E-state index in [0.717, 1.165) is 4.90 Å². The Hall–Kier alpha value is -3.47. The van der Waals surface area contributed by atoms with Crippen molar-refractivity contribution in [1.82, 2.24) is 9.88 Å². The Kier molecular flexibility index (Phi) is 5.52. The molecule has 26 heavy (non-hydrogen) atoms. The van der Waals surface area contributed by atoms with E-state index in [1.54, 1.807) is 37.4 Å². The molecule has 0 saturated carbocycles. The normalized spacial score (nSPS) is 12.8. The van der Waals surface area contributed by atoms with Crippen molar-refractivity contribution in [3.8, 4) is 6.19 Å². The summed E-state index contributed by atoms with van der Waals surface area (Å²) in [5, 5.41) is 18.9. The number of pyridine rings is 1. The van der Waals surface area contributed by atoms with Crippen LogP contribution in [0.4, 0.5) is 0 Å². The summed E-state index contributed by atoms with van der Waals surface area (Å²) in [5.74, 6) is -3.96. The van der Waals surface area contributed by atoms with Crippen LogP contribution >= 0.6 is 0 Å². The van der Waals surface area contributed by atoms with Gasteiger partial charge in [-0.25, -0.2) is 4.79 Å². The Bertz CT molecular complexity index is 919. The van der Waals surface area contributed by atoms with E-state index in [0.29, 0.717) is 10.9 Å². The highest BCUT2D eigenvalue weighted by Crippen LogP contribution is 2.28. The average molecular weight is 354 g/mol. The van der Waals surface area contributed by atoms with Gasteiger partial charge in [-0.3, -0.25) is 19.5 Å². The first-order valence-electron chi connectivity index (χ1n) is 7.85. The number of aromatic nitrogens is 1. The maximum absolute atomic E-state index is 12.6. The molecule has 0 radical (unpaired) electrons. The minimum absolute atomic E-state index is 0.00487. The van der Waals surface area contributed by atoms with Gasteiger partial charge in [0.15, 0.2) is 6.19 Å². The molecule has 0 fully saturated rings. The Morgan fingerprint density at radius 3 is 2.58 bits per heavy atom. The average Bonchev–Trinajstić information content (AvgIpc) is 2.63. The Balaban J connectivity index is 2.63. The molecule has 3 N–H and O–H groups in total. The number of fused-ring (bicyclic) bond motifs is 1. The Morgan fingerprint density at radius 1 is 1.35 bits per heavy atom. The number of nitrogens with two attached hydrogens (primary N) is 1. The minimum atomic E-state index is -1.16. The van der Waals surface area contributed by atoms with Gasteiger partial charge in [0, 0.05) is 18.4 Å². The van der Waals surface area contributed by atoms with Crippen LogP contribution in [-0.4, -0.2) is 39.8 Å². The van der Waals surface area contributed by atoms with Gasteiger partial charge >= 0.3 is 5.97 Å². The van der Waals surface area contributed by atoms with E-state index in [2.05, 4.69) is 4.98 Å². The molecule has 0 aliphatic heterocycles. The van der Waals surface area contributed by atoms with Gasteiger partial charge in [-0.15, -0.1) is 0 Å². The summed E-state index contributed by atoms with van der Waals surface area (Å²) < 4.78 is 0. The predicted molar refractivity (Wildman–Crippen MR) is 92.8 cm³/mol. The zero-order valence-electron chi connectivity index (χ0n) is 14.3. The molecule has 0 saturated heterocycles. The molecule has 1 unspecified atom stereocenters. The van der Waals surface area contributed by atoms with E-state index in [1.165, 1.54) is 13.1 Å². The van der Waals surface area contributed by atoms with Gasteiger partial charge in [0.1, 0.15) is 0 Å². The van der Waals surface area contributed by atoms with Crippen LogP contribution in [0.25, 0.3) is 10.9 Å². The second kappa shape index (κ2) is 7.61. The van der Waals surface area contributed by atoms with Gasteiger partial charge in [-0.1, -0.05) is 25.1 Å². The van der Waals surface area contributed by atoms with Crippen molar-refractivity contribution in [2.75, 3.05) is 7.05 Å². The van der Waals surface area contributed by atoms with Crippen molar-refractivity contribution in [2.24, 2.45) is 11.7 Å². The standard InChI is InChI=1S/C18H18N4O4/c1-10(16(20)23)7-13(17(24)22(2)9-19)15-8-12(18(25)26)11-5-3-4-6-14(11)21-15/h3-6,8,10,13H,7H2,1-2H3,(H2,20,23)(H,25,26)/t10?,13-/m1/s1. The molecule has 2 rings (SSSR count). The van der Waals surface area contributed by atoms with Crippen LogP contribution in [0, 0.1) is 17.4 Å². The number of carbonyl (C=O) groups excluding carboxylic acids is 2. The van der Waals surface area contributed by atoms with Gasteiger partial charge in [0.25, 0.3) is 0 Å². The molecule has 134 valence electrons. The van der Waals surface area contributed by atoms with Crippen LogP contribution in [0.3, 0.4) is 0 Å². The van der Waals surface area contributed by atoms with Crippen LogP contribution in [0.2, 0.25) is 0 Å². The summed E-state index contributed by atoms with van der Waals surface area (Å²) in [4.78, 5) is 40.9. The zero-order chi connectivity index (χ0) is 19.4. The highest BCUT2D eigenvalue weighted by atomic mass is 16.4. The third-order valence-electron chi connectivity index (χ3n) is 4.18. The van der Waals surface area contributed by atoms with E-state index in [4.69, 9.17) is 11.0 Å². The quantitative estimate of drug-likeness (QED) is 0.595. The number of carboxylic acids is 1. The number of primary amides is 1. The summed E-state index contributed by atoms with van der Waals surface area (Å²) >= 11 is 0. The number of carbonyl (C=O) groups is 3. The summed E-state index contributed by atoms with van der Waals surface area (Å²) in [6.07, 6.45) is 1.73. The van der Waals surface area contributed by atoms with Gasteiger partial charge in [-0.2, -0.15) is 5.26 Å². The topological polar surface area (TPSA) is 137 Å². The second-order valence-corrected chi connectivity index (χ2v) is 6.01. The third kappa shape index (κ3) is 3.78. The SMILES string of the molecule is CC(C[C@@H](C(=O)N(C)C#N)c1cc(C(=O)O)c2ccccc2n1)C(N)=O. The zero-order valence-corrected chi connectivity index (χ0v) is 14.3. The molecule has 2 atom stereocenters. The largest absolute Gasteiger partial charge is 0.478 e. The van der Waals surface area contributed by atoms with Gasteiger partial charge in [0.2, 0.25) is 11.8 Å². The van der Waals surface area contributed by atoms with Gasteiger partial charge in [0.05, 0.1) is 22.7 Å². The molecule has 2 aromatic rings. The van der Waals surface area contributed by atoms with Crippen LogP contribution in [0.5, 0.6) is 0 Å². The van der Waals surface area contributed by atoms with Crippen LogP contribution in [0.1, 0.15) is 35.3 Å². The smallest absolute Gasteiger partial charge is 0.336 e. The number of hydrogen-bond donors (Lipinski definition) is 2. The molecule has 0 aliphatic carbocycles. The van der Waals surface area contributed by atoms with Gasteiger partial charge in [-0.05, 0) is 18.6 Å². The highest BCUT2D eigenvalue weighted by Gasteiger charge is 2.30. The number of likely N-dealkylation sites (N-methyl/N-ethyl adjacent to an activating group) is 1. The lowest BCUT2D eigenvalue weighted by Crippen LogP contribution is -2.32. The Labute approximate surface area is 149 Å². The number of amides is 2. The molecule has 1 heterocycles. The Morgan fingerprint density at radius 2 is 2.00 bits per heavy atom. The van der Waals surface area contributed by atoms with E-state index in [9.17, 15) is 19.5 Å². The van der Waals surface area contributed by atoms with Crippen LogP contribution in [0.15, 0.2) is 30.3 Å². The summed E-state index contributed by atoms with van der Waals surface area (Å²) in [6, 6.07) is 7.97. The number of aromatic carboxylic acids is 1. The van der Waals surface area contributed by atoms with Crippen molar-refractivity contribution >= 4 is 28.7 Å². The predicted octanol–water partition coefficient (Wildman–Crippen LogP) is 1.47. The molecule has 1 aromatic carbocycles. The fraction of sp³-hybridized carbons (Fsp3) is 0.278. The summed E-state index contributed by atoms with van der Waals surface area (Å²) in [6.45, 7) is 1.56. The monoisotopic (exact) mass is 354 g/mol. The lowest BCUT2D eigenvalue weighted by atomic mass is 9.90. The van der Waals surface area contributed by atoms with Crippen LogP contribution in [-0.2, 0) is 9.59 Å². The molecule has 2 amide bonds. The minimum Gasteiger partial charge on any atom is -0.478 e. The van der Waals surface area contributed by atoms with Crippen molar-refractivity contribution in [3.05, 3.63) is 41.6 Å². The lowest BCUT2D eigenvalue weighted by Gasteiger charge is -2.21. The first-order valence-corrected chi connectivity index (χ1v) is 7.85. The van der Waals surface area contributed by atoms with Crippen LogP contribution < -0.4 is 5.73 Å². The van der Waals surface area contributed by atoms with E-state index in [1.807, 2.05) is 0 Å². The lowest BCUT2D eigenvalue weighted by molar-refractivity contribution is -0.129. The maximum Gasteiger partial charge on any atom is 0.336 e. The fourth-order valence-corrected chi connectivity index (χ4v) is 2.65.